The molecule has 2 atom stereocenters. The molecule has 33 heavy (non-hydrogen) atoms. The van der Waals surface area contributed by atoms with Gasteiger partial charge in [0.15, 0.2) is 12.4 Å². The van der Waals surface area contributed by atoms with Gasteiger partial charge in [-0.05, 0) is 57.6 Å². The lowest BCUT2D eigenvalue weighted by atomic mass is 10.0. The summed E-state index contributed by atoms with van der Waals surface area (Å²) in [6, 6.07) is 4.65. The normalized spacial score (nSPS) is 18.0. The molecule has 1 amide bonds. The van der Waals surface area contributed by atoms with Crippen molar-refractivity contribution in [1.29, 1.82) is 0 Å². The summed E-state index contributed by atoms with van der Waals surface area (Å²) in [4.78, 5) is 36.4. The molecule has 9 heteroatoms. The number of ketones is 1. The van der Waals surface area contributed by atoms with E-state index in [1.165, 1.54) is 31.2 Å². The maximum absolute atomic E-state index is 13.2. The first-order valence-corrected chi connectivity index (χ1v) is 13.0. The Kier molecular flexibility index (Phi) is 10.0. The maximum Gasteiger partial charge on any atom is 0.324 e. The van der Waals surface area contributed by atoms with Crippen LogP contribution in [0.15, 0.2) is 29.2 Å². The molecule has 1 aliphatic rings. The second kappa shape index (κ2) is 12.3. The third-order valence-corrected chi connectivity index (χ3v) is 7.69. The molecule has 0 bridgehead atoms. The van der Waals surface area contributed by atoms with E-state index in [9.17, 15) is 22.8 Å². The SMILES string of the molecule is CC(=O)c1ccc(S(=O)(=O)N2CCCCC2C(=O)OCC(=O)NC(C)CCCC(C)C)cc1. The van der Waals surface area contributed by atoms with Crippen molar-refractivity contribution < 1.29 is 27.5 Å². The zero-order valence-corrected chi connectivity index (χ0v) is 20.8. The van der Waals surface area contributed by atoms with Crippen LogP contribution in [0.25, 0.3) is 0 Å². The monoisotopic (exact) mass is 480 g/mol. The average molecular weight is 481 g/mol. The number of nitrogens with one attached hydrogen (secondary N) is 1. The third-order valence-electron chi connectivity index (χ3n) is 5.76. The van der Waals surface area contributed by atoms with Gasteiger partial charge in [-0.1, -0.05) is 38.8 Å². The van der Waals surface area contributed by atoms with E-state index in [-0.39, 0.29) is 23.3 Å². The summed E-state index contributed by atoms with van der Waals surface area (Å²) in [6.45, 7) is 7.37. The van der Waals surface area contributed by atoms with E-state index in [1.807, 2.05) is 6.92 Å². The summed E-state index contributed by atoms with van der Waals surface area (Å²) >= 11 is 0. The summed E-state index contributed by atoms with van der Waals surface area (Å²) in [7, 11) is -3.95. The van der Waals surface area contributed by atoms with Crippen LogP contribution in [0.4, 0.5) is 0 Å². The Morgan fingerprint density at radius 2 is 1.76 bits per heavy atom. The van der Waals surface area contributed by atoms with Gasteiger partial charge in [0.05, 0.1) is 4.90 Å². The number of sulfonamides is 1. The highest BCUT2D eigenvalue weighted by atomic mass is 32.2. The molecule has 0 aliphatic carbocycles. The van der Waals surface area contributed by atoms with Gasteiger partial charge in [-0.2, -0.15) is 4.31 Å². The molecule has 0 radical (unpaired) electrons. The van der Waals surface area contributed by atoms with E-state index in [0.717, 1.165) is 23.6 Å². The lowest BCUT2D eigenvalue weighted by Crippen LogP contribution is -2.49. The third kappa shape index (κ3) is 7.92. The summed E-state index contributed by atoms with van der Waals surface area (Å²) in [6.07, 6.45) is 4.57. The fraction of sp³-hybridized carbons (Fsp3) is 0.625. The number of ether oxygens (including phenoxy) is 1. The molecule has 1 saturated heterocycles. The Morgan fingerprint density at radius 3 is 2.36 bits per heavy atom. The average Bonchev–Trinajstić information content (AvgIpc) is 2.77. The van der Waals surface area contributed by atoms with Gasteiger partial charge in [0, 0.05) is 18.2 Å². The van der Waals surface area contributed by atoms with E-state index < -0.39 is 34.5 Å². The van der Waals surface area contributed by atoms with E-state index >= 15 is 0 Å². The van der Waals surface area contributed by atoms with Crippen LogP contribution in [-0.4, -0.2) is 55.6 Å². The van der Waals surface area contributed by atoms with Gasteiger partial charge in [-0.3, -0.25) is 14.4 Å². The van der Waals surface area contributed by atoms with Crippen LogP contribution < -0.4 is 5.32 Å². The van der Waals surface area contributed by atoms with Crippen molar-refractivity contribution in [3.8, 4) is 0 Å². The first kappa shape index (κ1) is 27.0. The standard InChI is InChI=1S/C24H36N2O6S/c1-17(2)8-7-9-18(3)25-23(28)16-32-24(29)22-10-5-6-15-26(22)33(30,31)21-13-11-20(12-14-21)19(4)27/h11-14,17-18,22H,5-10,15-16H2,1-4H3,(H,25,28). The van der Waals surface area contributed by atoms with Crippen LogP contribution in [0.2, 0.25) is 0 Å². The number of hydrogen-bond acceptors (Lipinski definition) is 6. The second-order valence-corrected chi connectivity index (χ2v) is 11.0. The highest BCUT2D eigenvalue weighted by Crippen LogP contribution is 2.26. The first-order chi connectivity index (χ1) is 15.5. The van der Waals surface area contributed by atoms with Gasteiger partial charge >= 0.3 is 5.97 Å². The van der Waals surface area contributed by atoms with Crippen LogP contribution in [0.1, 0.15) is 76.6 Å². The summed E-state index contributed by atoms with van der Waals surface area (Å²) in [5, 5.41) is 2.82. The number of esters is 1. The molecule has 1 aromatic carbocycles. The van der Waals surface area contributed by atoms with Gasteiger partial charge < -0.3 is 10.1 Å². The molecule has 8 nitrogen and oxygen atoms in total. The van der Waals surface area contributed by atoms with Gasteiger partial charge in [0.2, 0.25) is 10.0 Å². The van der Waals surface area contributed by atoms with Gasteiger partial charge in [0.25, 0.3) is 5.91 Å². The smallest absolute Gasteiger partial charge is 0.324 e. The molecular formula is C24H36N2O6S. The predicted octanol–water partition coefficient (Wildman–Crippen LogP) is 3.31. The number of hydrogen-bond donors (Lipinski definition) is 1. The predicted molar refractivity (Wildman–Crippen MR) is 125 cm³/mol. The number of nitrogens with zero attached hydrogens (tertiary/aromatic N) is 1. The zero-order valence-electron chi connectivity index (χ0n) is 20.0. The Labute approximate surface area is 197 Å². The van der Waals surface area contributed by atoms with Crippen molar-refractivity contribution in [1.82, 2.24) is 9.62 Å². The van der Waals surface area contributed by atoms with Crippen LogP contribution in [0, 0.1) is 5.92 Å². The largest absolute Gasteiger partial charge is 0.454 e. The minimum Gasteiger partial charge on any atom is -0.454 e. The number of carbonyl (C=O) groups is 3. The summed E-state index contributed by atoms with van der Waals surface area (Å²) in [5.74, 6) is -0.673. The Bertz CT molecular complexity index is 927. The number of amides is 1. The summed E-state index contributed by atoms with van der Waals surface area (Å²) in [5.41, 5.74) is 0.410. The molecule has 2 unspecified atom stereocenters. The van der Waals surface area contributed by atoms with E-state index in [4.69, 9.17) is 4.74 Å². The van der Waals surface area contributed by atoms with E-state index in [1.54, 1.807) is 0 Å². The number of carbonyl (C=O) groups excluding carboxylic acids is 3. The lowest BCUT2D eigenvalue weighted by molar-refractivity contribution is -0.153. The van der Waals surface area contributed by atoms with Crippen molar-refractivity contribution >= 4 is 27.7 Å². The molecular weight excluding hydrogens is 444 g/mol. The number of benzene rings is 1. The first-order valence-electron chi connectivity index (χ1n) is 11.6. The second-order valence-electron chi connectivity index (χ2n) is 9.11. The lowest BCUT2D eigenvalue weighted by Gasteiger charge is -2.33. The van der Waals surface area contributed by atoms with Crippen molar-refractivity contribution in [2.24, 2.45) is 5.92 Å². The van der Waals surface area contributed by atoms with Crippen molar-refractivity contribution in [2.45, 2.75) is 83.2 Å². The van der Waals surface area contributed by atoms with Crippen molar-refractivity contribution in [2.75, 3.05) is 13.2 Å². The molecule has 2 rings (SSSR count). The molecule has 184 valence electrons. The van der Waals surface area contributed by atoms with Gasteiger partial charge in [0.1, 0.15) is 6.04 Å². The Balaban J connectivity index is 1.97. The van der Waals surface area contributed by atoms with Gasteiger partial charge in [-0.25, -0.2) is 8.42 Å². The van der Waals surface area contributed by atoms with Crippen LogP contribution in [0.5, 0.6) is 0 Å². The molecule has 1 fully saturated rings. The minimum atomic E-state index is -3.95. The fourth-order valence-corrected chi connectivity index (χ4v) is 5.53. The quantitative estimate of drug-likeness (QED) is 0.384. The van der Waals surface area contributed by atoms with Crippen LogP contribution >= 0.6 is 0 Å². The number of Topliss-reactive ketones (excluding diaryl/α,β-unsaturated/α-hetero) is 1. The van der Waals surface area contributed by atoms with E-state index in [0.29, 0.717) is 30.7 Å². The van der Waals surface area contributed by atoms with Crippen molar-refractivity contribution in [3.05, 3.63) is 29.8 Å². The molecule has 1 aliphatic heterocycles. The van der Waals surface area contributed by atoms with E-state index in [2.05, 4.69) is 19.2 Å². The fourth-order valence-electron chi connectivity index (χ4n) is 3.88. The summed E-state index contributed by atoms with van der Waals surface area (Å²) < 4.78 is 32.7. The van der Waals surface area contributed by atoms with Crippen LogP contribution in [0.3, 0.4) is 0 Å². The number of rotatable bonds is 11. The zero-order chi connectivity index (χ0) is 24.6. The molecule has 0 spiro atoms. The molecule has 0 saturated carbocycles. The Hall–Kier alpha value is -2.26. The molecule has 1 heterocycles. The number of piperidine rings is 1. The minimum absolute atomic E-state index is 0.0140. The molecule has 1 N–H and O–H groups in total. The highest BCUT2D eigenvalue weighted by Gasteiger charge is 2.38. The van der Waals surface area contributed by atoms with Gasteiger partial charge in [-0.15, -0.1) is 0 Å². The molecule has 1 aromatic rings. The van der Waals surface area contributed by atoms with Crippen LogP contribution in [-0.2, 0) is 24.3 Å². The maximum atomic E-state index is 13.2. The van der Waals surface area contributed by atoms with Crippen molar-refractivity contribution in [3.63, 3.8) is 0 Å². The molecule has 0 aromatic heterocycles. The Morgan fingerprint density at radius 1 is 1.09 bits per heavy atom. The topological polar surface area (TPSA) is 110 Å². The highest BCUT2D eigenvalue weighted by molar-refractivity contribution is 7.89.